The zero-order valence-electron chi connectivity index (χ0n) is 10.9. The van der Waals surface area contributed by atoms with Crippen molar-refractivity contribution in [3.05, 3.63) is 29.3 Å². The number of aliphatic imine (C=N–C) groups is 1. The molecule has 2 N–H and O–H groups in total. The molecule has 0 radical (unpaired) electrons. The maximum atomic E-state index is 11.5. The van der Waals surface area contributed by atoms with Gasteiger partial charge in [-0.2, -0.15) is 0 Å². The van der Waals surface area contributed by atoms with Crippen molar-refractivity contribution in [2.45, 2.75) is 20.3 Å². The molecule has 5 heteroatoms. The number of thioether (sulfide) groups is 1. The van der Waals surface area contributed by atoms with E-state index >= 15 is 0 Å². The lowest BCUT2D eigenvalue weighted by atomic mass is 10.1. The molecule has 18 heavy (non-hydrogen) atoms. The number of methoxy groups -OCH3 is 1. The van der Waals surface area contributed by atoms with Crippen molar-refractivity contribution in [1.82, 2.24) is 0 Å². The van der Waals surface area contributed by atoms with Crippen molar-refractivity contribution in [3.63, 3.8) is 0 Å². The fourth-order valence-corrected chi connectivity index (χ4v) is 2.02. The first-order valence-electron chi connectivity index (χ1n) is 5.64. The second-order valence-corrected chi connectivity index (χ2v) is 4.99. The highest BCUT2D eigenvalue weighted by atomic mass is 32.2. The van der Waals surface area contributed by atoms with Gasteiger partial charge >= 0.3 is 0 Å². The number of hydrogen-bond acceptors (Lipinski definition) is 4. The minimum absolute atomic E-state index is 0.0377. The third-order valence-corrected chi connectivity index (χ3v) is 3.12. The molecule has 0 heterocycles. The molecule has 0 fully saturated rings. The van der Waals surface area contributed by atoms with Crippen LogP contribution in [0.4, 0.5) is 5.69 Å². The summed E-state index contributed by atoms with van der Waals surface area (Å²) in [5.74, 6) is 0. The van der Waals surface area contributed by atoms with Crippen LogP contribution in [0, 0.1) is 13.8 Å². The molecule has 1 aromatic rings. The number of benzene rings is 1. The fraction of sp³-hybridized carbons (Fsp3) is 0.385. The normalized spacial score (nSPS) is 11.6. The molecule has 98 valence electrons. The summed E-state index contributed by atoms with van der Waals surface area (Å²) >= 11 is 0.961. The standard InChI is InChI=1S/C13H18N2O2S/c1-9-5-4-6-10(2)12(9)15-13(14)18-11(16)7-8-17-3/h4-6H,7-8H2,1-3H3,(H2,14,15). The van der Waals surface area contributed by atoms with Gasteiger partial charge in [0.25, 0.3) is 0 Å². The molecule has 0 aromatic heterocycles. The Morgan fingerprint density at radius 3 is 2.56 bits per heavy atom. The largest absolute Gasteiger partial charge is 0.384 e. The number of amidine groups is 1. The highest BCUT2D eigenvalue weighted by molar-refractivity contribution is 8.26. The molecule has 4 nitrogen and oxygen atoms in total. The van der Waals surface area contributed by atoms with Crippen LogP contribution in [0.1, 0.15) is 17.5 Å². The number of para-hydroxylation sites is 1. The van der Waals surface area contributed by atoms with Gasteiger partial charge in [-0.3, -0.25) is 4.79 Å². The summed E-state index contributed by atoms with van der Waals surface area (Å²) in [7, 11) is 1.56. The van der Waals surface area contributed by atoms with Crippen LogP contribution in [-0.4, -0.2) is 24.0 Å². The van der Waals surface area contributed by atoms with Crippen molar-refractivity contribution in [2.24, 2.45) is 10.7 Å². The maximum Gasteiger partial charge on any atom is 0.198 e. The molecule has 1 rings (SSSR count). The predicted octanol–water partition coefficient (Wildman–Crippen LogP) is 2.55. The quantitative estimate of drug-likeness (QED) is 0.672. The lowest BCUT2D eigenvalue weighted by molar-refractivity contribution is -0.111. The third-order valence-electron chi connectivity index (χ3n) is 2.39. The molecule has 0 saturated carbocycles. The van der Waals surface area contributed by atoms with Crippen LogP contribution < -0.4 is 5.73 Å². The Morgan fingerprint density at radius 2 is 2.00 bits per heavy atom. The first-order chi connectivity index (χ1) is 8.54. The van der Waals surface area contributed by atoms with Gasteiger partial charge < -0.3 is 10.5 Å². The number of nitrogens with two attached hydrogens (primary N) is 1. The van der Waals surface area contributed by atoms with Gasteiger partial charge in [0.1, 0.15) is 0 Å². The molecule has 0 saturated heterocycles. The fourth-order valence-electron chi connectivity index (χ4n) is 1.47. The van der Waals surface area contributed by atoms with E-state index in [0.29, 0.717) is 13.0 Å². The van der Waals surface area contributed by atoms with E-state index in [1.54, 1.807) is 7.11 Å². The molecule has 0 bridgehead atoms. The van der Waals surface area contributed by atoms with Gasteiger partial charge in [0, 0.05) is 13.5 Å². The number of nitrogens with zero attached hydrogens (tertiary/aromatic N) is 1. The topological polar surface area (TPSA) is 64.7 Å². The van der Waals surface area contributed by atoms with Crippen LogP contribution in [0.2, 0.25) is 0 Å². The maximum absolute atomic E-state index is 11.5. The van der Waals surface area contributed by atoms with E-state index in [1.807, 2.05) is 32.0 Å². The van der Waals surface area contributed by atoms with Gasteiger partial charge in [-0.1, -0.05) is 18.2 Å². The van der Waals surface area contributed by atoms with Gasteiger partial charge in [0.2, 0.25) is 0 Å². The Hall–Kier alpha value is -1.33. The number of carbonyl (C=O) groups is 1. The van der Waals surface area contributed by atoms with Crippen molar-refractivity contribution < 1.29 is 9.53 Å². The molecule has 0 unspecified atom stereocenters. The summed E-state index contributed by atoms with van der Waals surface area (Å²) in [5, 5.41) is 0.234. The number of ether oxygens (including phenoxy) is 1. The molecule has 0 aliphatic heterocycles. The average molecular weight is 266 g/mol. The van der Waals surface area contributed by atoms with Crippen LogP contribution in [0.25, 0.3) is 0 Å². The van der Waals surface area contributed by atoms with Gasteiger partial charge in [-0.05, 0) is 36.7 Å². The van der Waals surface area contributed by atoms with Crippen LogP contribution in [0.15, 0.2) is 23.2 Å². The van der Waals surface area contributed by atoms with Crippen molar-refractivity contribution in [1.29, 1.82) is 0 Å². The minimum atomic E-state index is -0.0377. The second-order valence-electron chi connectivity index (χ2n) is 3.91. The van der Waals surface area contributed by atoms with Crippen molar-refractivity contribution in [3.8, 4) is 0 Å². The predicted molar refractivity (Wildman–Crippen MR) is 76.3 cm³/mol. The summed E-state index contributed by atoms with van der Waals surface area (Å²) in [6.07, 6.45) is 0.337. The highest BCUT2D eigenvalue weighted by Gasteiger charge is 2.07. The lowest BCUT2D eigenvalue weighted by Crippen LogP contribution is -2.11. The molecule has 0 aliphatic carbocycles. The summed E-state index contributed by atoms with van der Waals surface area (Å²) in [5.41, 5.74) is 8.69. The Morgan fingerprint density at radius 1 is 1.39 bits per heavy atom. The monoisotopic (exact) mass is 266 g/mol. The number of carbonyl (C=O) groups excluding carboxylic acids is 1. The van der Waals surface area contributed by atoms with Gasteiger partial charge in [0.15, 0.2) is 10.3 Å². The Balaban J connectivity index is 2.74. The van der Waals surface area contributed by atoms with Gasteiger partial charge in [-0.15, -0.1) is 0 Å². The number of rotatable bonds is 4. The summed E-state index contributed by atoms with van der Waals surface area (Å²) in [6, 6.07) is 5.91. The van der Waals surface area contributed by atoms with E-state index in [-0.39, 0.29) is 10.3 Å². The molecule has 0 spiro atoms. The highest BCUT2D eigenvalue weighted by Crippen LogP contribution is 2.24. The Labute approximate surface area is 112 Å². The third kappa shape index (κ3) is 4.50. The molecular weight excluding hydrogens is 248 g/mol. The Bertz CT molecular complexity index is 438. The van der Waals surface area contributed by atoms with Crippen LogP contribution in [0.3, 0.4) is 0 Å². The van der Waals surface area contributed by atoms with Gasteiger partial charge in [-0.25, -0.2) is 4.99 Å². The van der Waals surface area contributed by atoms with E-state index in [4.69, 9.17) is 10.5 Å². The SMILES string of the molecule is COCCC(=O)SC(N)=Nc1c(C)cccc1C. The smallest absolute Gasteiger partial charge is 0.198 e. The van der Waals surface area contributed by atoms with Crippen LogP contribution in [0.5, 0.6) is 0 Å². The number of hydrogen-bond donors (Lipinski definition) is 1. The van der Waals surface area contributed by atoms with Crippen LogP contribution >= 0.6 is 11.8 Å². The second kappa shape index (κ2) is 7.18. The van der Waals surface area contributed by atoms with E-state index in [1.165, 1.54) is 0 Å². The molecule has 0 aliphatic rings. The van der Waals surface area contributed by atoms with Crippen molar-refractivity contribution >= 4 is 27.7 Å². The van der Waals surface area contributed by atoms with E-state index < -0.39 is 0 Å². The first-order valence-corrected chi connectivity index (χ1v) is 6.46. The molecule has 0 atom stereocenters. The number of aryl methyl sites for hydroxylation is 2. The van der Waals surface area contributed by atoms with E-state index in [2.05, 4.69) is 4.99 Å². The molecular formula is C13H18N2O2S. The Kier molecular flexibility index (Phi) is 5.88. The van der Waals surface area contributed by atoms with Crippen LogP contribution in [-0.2, 0) is 9.53 Å². The first kappa shape index (κ1) is 14.7. The summed E-state index contributed by atoms with van der Waals surface area (Å²) < 4.78 is 4.84. The van der Waals surface area contributed by atoms with E-state index in [9.17, 15) is 4.79 Å². The van der Waals surface area contributed by atoms with Crippen molar-refractivity contribution in [2.75, 3.05) is 13.7 Å². The lowest BCUT2D eigenvalue weighted by Gasteiger charge is -2.05. The summed E-state index contributed by atoms with van der Waals surface area (Å²) in [4.78, 5) is 15.8. The van der Waals surface area contributed by atoms with Gasteiger partial charge in [0.05, 0.1) is 12.3 Å². The zero-order valence-corrected chi connectivity index (χ0v) is 11.7. The van der Waals surface area contributed by atoms with E-state index in [0.717, 1.165) is 28.6 Å². The zero-order chi connectivity index (χ0) is 13.5. The summed E-state index contributed by atoms with van der Waals surface area (Å²) in [6.45, 7) is 4.34. The molecule has 1 aromatic carbocycles. The molecule has 0 amide bonds. The average Bonchev–Trinajstić information content (AvgIpc) is 2.31. The minimum Gasteiger partial charge on any atom is -0.384 e.